The molecule has 1 amide bonds. The lowest BCUT2D eigenvalue weighted by Crippen LogP contribution is -2.26. The fraction of sp³-hybridized carbons (Fsp3) is 0.238. The highest BCUT2D eigenvalue weighted by Crippen LogP contribution is 2.21. The largest absolute Gasteiger partial charge is 0.325 e. The van der Waals surface area contributed by atoms with Crippen LogP contribution in [-0.4, -0.2) is 36.0 Å². The lowest BCUT2D eigenvalue weighted by atomic mass is 10.1. The van der Waals surface area contributed by atoms with Gasteiger partial charge in [0.15, 0.2) is 0 Å². The Morgan fingerprint density at radius 1 is 1.00 bits per heavy atom. The van der Waals surface area contributed by atoms with Crippen LogP contribution in [0.5, 0.6) is 0 Å². The number of carbonyl (C=O) groups excluding carboxylic acids is 1. The fourth-order valence-corrected chi connectivity index (χ4v) is 2.89. The fourth-order valence-electron chi connectivity index (χ4n) is 2.89. The highest BCUT2D eigenvalue weighted by Gasteiger charge is 2.10. The van der Waals surface area contributed by atoms with Crippen LogP contribution >= 0.6 is 0 Å². The lowest BCUT2D eigenvalue weighted by molar-refractivity contribution is -0.115. The lowest BCUT2D eigenvalue weighted by Gasteiger charge is -2.13. The van der Waals surface area contributed by atoms with E-state index < -0.39 is 0 Å². The molecule has 26 heavy (non-hydrogen) atoms. The molecular weight excluding hydrogens is 326 g/mol. The summed E-state index contributed by atoms with van der Waals surface area (Å²) < 4.78 is 1.71. The first-order chi connectivity index (χ1) is 12.5. The second-order valence-corrected chi connectivity index (χ2v) is 6.59. The Morgan fingerprint density at radius 3 is 2.50 bits per heavy atom. The minimum atomic E-state index is -0.0968. The molecule has 0 saturated carbocycles. The Bertz CT molecular complexity index is 962. The minimum absolute atomic E-state index is 0.0384. The molecule has 1 aromatic heterocycles. The second kappa shape index (κ2) is 7.97. The van der Waals surface area contributed by atoms with Crippen LogP contribution in [0.25, 0.3) is 10.8 Å². The Labute approximate surface area is 152 Å². The molecule has 0 spiro atoms. The molecule has 0 saturated heterocycles. The van der Waals surface area contributed by atoms with Crippen molar-refractivity contribution < 1.29 is 4.79 Å². The van der Waals surface area contributed by atoms with E-state index in [1.54, 1.807) is 22.9 Å². The van der Waals surface area contributed by atoms with Gasteiger partial charge in [0, 0.05) is 35.7 Å². The van der Waals surface area contributed by atoms with Crippen molar-refractivity contribution in [2.24, 2.45) is 0 Å². The van der Waals surface area contributed by atoms with Crippen LogP contribution < -0.4 is 10.9 Å². The van der Waals surface area contributed by atoms with E-state index in [9.17, 15) is 9.59 Å². The number of carbonyl (C=O) groups is 1. The van der Waals surface area contributed by atoms with Gasteiger partial charge < -0.3 is 14.8 Å². The maximum absolute atomic E-state index is 12.7. The number of nitrogens with zero attached hydrogens (tertiary/aromatic N) is 2. The van der Waals surface area contributed by atoms with Crippen molar-refractivity contribution in [2.45, 2.75) is 13.0 Å². The van der Waals surface area contributed by atoms with Gasteiger partial charge in [-0.2, -0.15) is 0 Å². The summed E-state index contributed by atoms with van der Waals surface area (Å²) in [6.07, 6.45) is 2.10. The van der Waals surface area contributed by atoms with E-state index in [0.29, 0.717) is 24.0 Å². The summed E-state index contributed by atoms with van der Waals surface area (Å²) in [7, 11) is 3.96. The van der Waals surface area contributed by atoms with Crippen LogP contribution in [0.2, 0.25) is 0 Å². The number of nitrogens with one attached hydrogen (secondary N) is 1. The van der Waals surface area contributed by atoms with Crippen LogP contribution in [0, 0.1) is 0 Å². The third-order valence-electron chi connectivity index (χ3n) is 4.29. The number of benzene rings is 2. The van der Waals surface area contributed by atoms with E-state index in [-0.39, 0.29) is 11.5 Å². The molecule has 0 unspecified atom stereocenters. The van der Waals surface area contributed by atoms with Crippen molar-refractivity contribution in [2.75, 3.05) is 26.0 Å². The predicted octanol–water partition coefficient (Wildman–Crippen LogP) is 2.74. The van der Waals surface area contributed by atoms with Gasteiger partial charge in [-0.15, -0.1) is 0 Å². The summed E-state index contributed by atoms with van der Waals surface area (Å²) in [5, 5.41) is 4.31. The van der Waals surface area contributed by atoms with Crippen LogP contribution in [0.1, 0.15) is 5.56 Å². The number of hydrogen-bond acceptors (Lipinski definition) is 3. The van der Waals surface area contributed by atoms with E-state index >= 15 is 0 Å². The minimum Gasteiger partial charge on any atom is -0.325 e. The third kappa shape index (κ3) is 4.18. The quantitative estimate of drug-likeness (QED) is 0.744. The van der Waals surface area contributed by atoms with Gasteiger partial charge in [0.2, 0.25) is 5.91 Å². The summed E-state index contributed by atoms with van der Waals surface area (Å²) in [5.41, 5.74) is 1.58. The number of pyridine rings is 1. The molecule has 5 nitrogen and oxygen atoms in total. The molecule has 1 N–H and O–H groups in total. The van der Waals surface area contributed by atoms with Gasteiger partial charge >= 0.3 is 0 Å². The standard InChI is InChI=1S/C21H23N3O2/c1-23(2)13-14-24-12-11-17-18(21(24)26)9-6-10-19(17)22-20(25)15-16-7-4-3-5-8-16/h3-12H,13-15H2,1-2H3,(H,22,25). The first-order valence-corrected chi connectivity index (χ1v) is 8.65. The Kier molecular flexibility index (Phi) is 5.49. The predicted molar refractivity (Wildman–Crippen MR) is 106 cm³/mol. The molecule has 134 valence electrons. The Morgan fingerprint density at radius 2 is 1.77 bits per heavy atom. The molecule has 2 aromatic carbocycles. The molecule has 0 bridgehead atoms. The number of aromatic nitrogens is 1. The van der Waals surface area contributed by atoms with Crippen molar-refractivity contribution >= 4 is 22.4 Å². The molecule has 0 radical (unpaired) electrons. The van der Waals surface area contributed by atoms with Crippen molar-refractivity contribution in [1.82, 2.24) is 9.47 Å². The van der Waals surface area contributed by atoms with Crippen LogP contribution in [0.15, 0.2) is 65.6 Å². The zero-order valence-electron chi connectivity index (χ0n) is 15.1. The number of rotatable bonds is 6. The van der Waals surface area contributed by atoms with E-state index in [0.717, 1.165) is 17.5 Å². The van der Waals surface area contributed by atoms with Crippen LogP contribution in [0.3, 0.4) is 0 Å². The summed E-state index contributed by atoms with van der Waals surface area (Å²) in [6, 6.07) is 16.9. The maximum Gasteiger partial charge on any atom is 0.258 e. The average molecular weight is 349 g/mol. The molecule has 0 aliphatic rings. The van der Waals surface area contributed by atoms with E-state index in [4.69, 9.17) is 0 Å². The van der Waals surface area contributed by atoms with Gasteiger partial charge in [-0.25, -0.2) is 0 Å². The SMILES string of the molecule is CN(C)CCn1ccc2c(NC(=O)Cc3ccccc3)cccc2c1=O. The monoisotopic (exact) mass is 349 g/mol. The summed E-state index contributed by atoms with van der Waals surface area (Å²) in [4.78, 5) is 27.1. The van der Waals surface area contributed by atoms with Crippen LogP contribution in [0.4, 0.5) is 5.69 Å². The normalized spacial score (nSPS) is 11.0. The van der Waals surface area contributed by atoms with Gasteiger partial charge in [0.05, 0.1) is 6.42 Å². The molecule has 3 rings (SSSR count). The molecule has 0 aliphatic heterocycles. The first kappa shape index (κ1) is 17.9. The number of amides is 1. The van der Waals surface area contributed by atoms with Gasteiger partial charge in [0.1, 0.15) is 0 Å². The van der Waals surface area contributed by atoms with Crippen molar-refractivity contribution in [3.05, 3.63) is 76.7 Å². The number of hydrogen-bond donors (Lipinski definition) is 1. The number of anilines is 1. The van der Waals surface area contributed by atoms with E-state index in [1.807, 2.05) is 61.5 Å². The first-order valence-electron chi connectivity index (χ1n) is 8.65. The van der Waals surface area contributed by atoms with Crippen LogP contribution in [-0.2, 0) is 17.8 Å². The highest BCUT2D eigenvalue weighted by molar-refractivity contribution is 6.02. The number of fused-ring (bicyclic) bond motifs is 1. The van der Waals surface area contributed by atoms with E-state index in [1.165, 1.54) is 0 Å². The van der Waals surface area contributed by atoms with Crippen molar-refractivity contribution in [1.29, 1.82) is 0 Å². The molecule has 0 atom stereocenters. The Hall–Kier alpha value is -2.92. The summed E-state index contributed by atoms with van der Waals surface area (Å²) in [5.74, 6) is -0.0968. The van der Waals surface area contributed by atoms with E-state index in [2.05, 4.69) is 5.32 Å². The highest BCUT2D eigenvalue weighted by atomic mass is 16.1. The van der Waals surface area contributed by atoms with Gasteiger partial charge in [0.25, 0.3) is 5.56 Å². The summed E-state index contributed by atoms with van der Waals surface area (Å²) in [6.45, 7) is 1.42. The maximum atomic E-state index is 12.7. The summed E-state index contributed by atoms with van der Waals surface area (Å²) >= 11 is 0. The smallest absolute Gasteiger partial charge is 0.258 e. The molecule has 5 heteroatoms. The second-order valence-electron chi connectivity index (χ2n) is 6.59. The van der Waals surface area contributed by atoms with Gasteiger partial charge in [-0.05, 0) is 37.9 Å². The molecule has 0 fully saturated rings. The zero-order valence-corrected chi connectivity index (χ0v) is 15.1. The van der Waals surface area contributed by atoms with Gasteiger partial charge in [-0.1, -0.05) is 36.4 Å². The van der Waals surface area contributed by atoms with Crippen molar-refractivity contribution in [3.63, 3.8) is 0 Å². The Balaban J connectivity index is 1.84. The molecule has 0 aliphatic carbocycles. The topological polar surface area (TPSA) is 54.3 Å². The number of likely N-dealkylation sites (N-methyl/N-ethyl adjacent to an activating group) is 1. The molecule has 3 aromatic rings. The third-order valence-corrected chi connectivity index (χ3v) is 4.29. The zero-order chi connectivity index (χ0) is 18.5. The van der Waals surface area contributed by atoms with Gasteiger partial charge in [-0.3, -0.25) is 9.59 Å². The average Bonchev–Trinajstić information content (AvgIpc) is 2.62. The molecular formula is C21H23N3O2. The van der Waals surface area contributed by atoms with Crippen molar-refractivity contribution in [3.8, 4) is 0 Å². The molecule has 1 heterocycles.